The van der Waals surface area contributed by atoms with Gasteiger partial charge in [0.15, 0.2) is 0 Å². The topological polar surface area (TPSA) is 29.1 Å². The fourth-order valence-corrected chi connectivity index (χ4v) is 4.17. The molecule has 1 fully saturated rings. The molecule has 1 aliphatic heterocycles. The van der Waals surface area contributed by atoms with Crippen LogP contribution in [-0.2, 0) is 4.79 Å². The van der Waals surface area contributed by atoms with Crippen LogP contribution in [0.3, 0.4) is 0 Å². The number of hydrogen-bond acceptors (Lipinski definition) is 3. The second-order valence-corrected chi connectivity index (χ2v) is 6.44. The van der Waals surface area contributed by atoms with Gasteiger partial charge in [-0.05, 0) is 18.2 Å². The quantitative estimate of drug-likeness (QED) is 0.907. The maximum absolute atomic E-state index is 13.4. The highest BCUT2D eigenvalue weighted by molar-refractivity contribution is 8.07. The number of nitrogens with one attached hydrogen (secondary N) is 1. The van der Waals surface area contributed by atoms with Gasteiger partial charge in [-0.1, -0.05) is 11.6 Å². The van der Waals surface area contributed by atoms with Crippen molar-refractivity contribution in [2.45, 2.75) is 5.25 Å². The molecule has 6 heteroatoms. The van der Waals surface area contributed by atoms with E-state index in [0.29, 0.717) is 5.02 Å². The summed E-state index contributed by atoms with van der Waals surface area (Å²) in [5.74, 6) is 2.19. The van der Waals surface area contributed by atoms with Crippen molar-refractivity contribution in [3.63, 3.8) is 0 Å². The molecule has 1 N–H and O–H groups in total. The summed E-state index contributed by atoms with van der Waals surface area (Å²) in [5.41, 5.74) is 0.152. The molecule has 2 nitrogen and oxygen atoms in total. The minimum absolute atomic E-state index is 0.105. The highest BCUT2D eigenvalue weighted by Gasteiger charge is 2.22. The zero-order valence-electron chi connectivity index (χ0n) is 8.91. The van der Waals surface area contributed by atoms with E-state index < -0.39 is 5.82 Å². The number of anilines is 1. The molecule has 1 atom stereocenters. The lowest BCUT2D eigenvalue weighted by atomic mass is 10.3. The van der Waals surface area contributed by atoms with E-state index in [9.17, 15) is 9.18 Å². The van der Waals surface area contributed by atoms with Crippen molar-refractivity contribution < 1.29 is 9.18 Å². The van der Waals surface area contributed by atoms with Gasteiger partial charge in [-0.25, -0.2) is 4.39 Å². The summed E-state index contributed by atoms with van der Waals surface area (Å²) in [6, 6.07) is 4.13. The van der Waals surface area contributed by atoms with E-state index in [0.717, 1.165) is 17.3 Å². The molecule has 1 unspecified atom stereocenters. The first-order chi connectivity index (χ1) is 8.16. The van der Waals surface area contributed by atoms with Gasteiger partial charge in [-0.3, -0.25) is 4.79 Å². The van der Waals surface area contributed by atoms with Crippen LogP contribution >= 0.6 is 35.1 Å². The number of thioether (sulfide) groups is 2. The van der Waals surface area contributed by atoms with E-state index in [1.807, 2.05) is 0 Å². The minimum Gasteiger partial charge on any atom is -0.323 e. The molecule has 0 spiro atoms. The second kappa shape index (κ2) is 5.98. The third-order valence-electron chi connectivity index (χ3n) is 2.29. The first-order valence-corrected chi connectivity index (χ1v) is 7.70. The Morgan fingerprint density at radius 3 is 3.00 bits per heavy atom. The van der Waals surface area contributed by atoms with Gasteiger partial charge in [-0.15, -0.1) is 11.8 Å². The predicted molar refractivity (Wildman–Crippen MR) is 73.6 cm³/mol. The molecule has 0 radical (unpaired) electrons. The van der Waals surface area contributed by atoms with Crippen LogP contribution < -0.4 is 5.32 Å². The Bertz CT molecular complexity index is 424. The molecule has 0 aliphatic carbocycles. The third kappa shape index (κ3) is 3.53. The van der Waals surface area contributed by atoms with E-state index in [4.69, 9.17) is 11.6 Å². The fourth-order valence-electron chi connectivity index (χ4n) is 1.45. The van der Waals surface area contributed by atoms with Crippen LogP contribution in [-0.4, -0.2) is 28.4 Å². The van der Waals surface area contributed by atoms with Gasteiger partial charge in [0.25, 0.3) is 0 Å². The molecule has 92 valence electrons. The van der Waals surface area contributed by atoms with E-state index in [1.54, 1.807) is 23.5 Å². The van der Waals surface area contributed by atoms with Crippen molar-refractivity contribution in [1.82, 2.24) is 0 Å². The summed E-state index contributed by atoms with van der Waals surface area (Å²) >= 11 is 9.12. The molecule has 17 heavy (non-hydrogen) atoms. The number of carbonyl (C=O) groups is 1. The van der Waals surface area contributed by atoms with E-state index in [-0.39, 0.29) is 16.8 Å². The average Bonchev–Trinajstić information content (AvgIpc) is 2.35. The van der Waals surface area contributed by atoms with E-state index in [1.165, 1.54) is 18.2 Å². The van der Waals surface area contributed by atoms with Gasteiger partial charge in [0.2, 0.25) is 5.91 Å². The van der Waals surface area contributed by atoms with Gasteiger partial charge in [-0.2, -0.15) is 11.8 Å². The maximum Gasteiger partial charge on any atom is 0.238 e. The Labute approximate surface area is 113 Å². The van der Waals surface area contributed by atoms with E-state index in [2.05, 4.69) is 5.32 Å². The molecule has 1 heterocycles. The second-order valence-electron chi connectivity index (χ2n) is 3.55. The zero-order chi connectivity index (χ0) is 12.3. The standard InChI is InChI=1S/C11H11ClFNOS2/c12-7-1-2-8(13)9(5-7)14-11(15)10-6-16-3-4-17-10/h1-2,5,10H,3-4,6H2,(H,14,15). The summed E-state index contributed by atoms with van der Waals surface area (Å²) in [6.45, 7) is 0. The first kappa shape index (κ1) is 13.1. The molecule has 1 aliphatic rings. The summed E-state index contributed by atoms with van der Waals surface area (Å²) < 4.78 is 13.4. The summed E-state index contributed by atoms with van der Waals surface area (Å²) in [6.07, 6.45) is 0. The van der Waals surface area contributed by atoms with Crippen molar-refractivity contribution in [1.29, 1.82) is 0 Å². The first-order valence-electron chi connectivity index (χ1n) is 5.12. The number of benzene rings is 1. The van der Waals surface area contributed by atoms with Gasteiger partial charge in [0.1, 0.15) is 5.82 Å². The van der Waals surface area contributed by atoms with Crippen molar-refractivity contribution in [3.05, 3.63) is 29.0 Å². The van der Waals surface area contributed by atoms with Gasteiger partial charge in [0.05, 0.1) is 10.9 Å². The fraction of sp³-hybridized carbons (Fsp3) is 0.364. The van der Waals surface area contributed by atoms with Crippen LogP contribution in [0, 0.1) is 5.82 Å². The highest BCUT2D eigenvalue weighted by Crippen LogP contribution is 2.26. The summed E-state index contributed by atoms with van der Waals surface area (Å²) in [4.78, 5) is 11.9. The SMILES string of the molecule is O=C(Nc1cc(Cl)ccc1F)C1CSCCS1. The van der Waals surface area contributed by atoms with Crippen LogP contribution in [0.15, 0.2) is 18.2 Å². The van der Waals surface area contributed by atoms with Crippen LogP contribution in [0.4, 0.5) is 10.1 Å². The van der Waals surface area contributed by atoms with Crippen molar-refractivity contribution in [3.8, 4) is 0 Å². The lowest BCUT2D eigenvalue weighted by molar-refractivity contribution is -0.115. The lowest BCUT2D eigenvalue weighted by Crippen LogP contribution is -2.30. The average molecular weight is 292 g/mol. The predicted octanol–water partition coefficient (Wildman–Crippen LogP) is 3.27. The molecule has 0 aromatic heterocycles. The minimum atomic E-state index is -0.462. The third-order valence-corrected chi connectivity index (χ3v) is 5.28. The van der Waals surface area contributed by atoms with Crippen molar-refractivity contribution >= 4 is 46.7 Å². The monoisotopic (exact) mass is 291 g/mol. The molecular formula is C11H11ClFNOS2. The Hall–Kier alpha value is -0.390. The number of amides is 1. The number of hydrogen-bond donors (Lipinski definition) is 1. The van der Waals surface area contributed by atoms with Gasteiger partial charge >= 0.3 is 0 Å². The molecule has 1 saturated heterocycles. The summed E-state index contributed by atoms with van der Waals surface area (Å²) in [5, 5.41) is 2.89. The lowest BCUT2D eigenvalue weighted by Gasteiger charge is -2.20. The maximum atomic E-state index is 13.4. The Morgan fingerprint density at radius 2 is 2.29 bits per heavy atom. The van der Waals surface area contributed by atoms with Gasteiger partial charge in [0, 0.05) is 22.3 Å². The molecule has 2 rings (SSSR count). The Morgan fingerprint density at radius 1 is 1.47 bits per heavy atom. The van der Waals surface area contributed by atoms with Gasteiger partial charge < -0.3 is 5.32 Å². The molecule has 1 aromatic rings. The van der Waals surface area contributed by atoms with Crippen molar-refractivity contribution in [2.24, 2.45) is 0 Å². The largest absolute Gasteiger partial charge is 0.323 e. The molecular weight excluding hydrogens is 281 g/mol. The van der Waals surface area contributed by atoms with Crippen molar-refractivity contribution in [2.75, 3.05) is 22.6 Å². The number of rotatable bonds is 2. The normalized spacial score (nSPS) is 20.0. The Balaban J connectivity index is 2.04. The molecule has 0 saturated carbocycles. The highest BCUT2D eigenvalue weighted by atomic mass is 35.5. The zero-order valence-corrected chi connectivity index (χ0v) is 11.3. The molecule has 1 amide bonds. The smallest absolute Gasteiger partial charge is 0.238 e. The van der Waals surface area contributed by atoms with Crippen LogP contribution in [0.1, 0.15) is 0 Å². The summed E-state index contributed by atoms with van der Waals surface area (Å²) in [7, 11) is 0. The number of halogens is 2. The van der Waals surface area contributed by atoms with Crippen LogP contribution in [0.5, 0.6) is 0 Å². The van der Waals surface area contributed by atoms with Crippen LogP contribution in [0.25, 0.3) is 0 Å². The Kier molecular flexibility index (Phi) is 4.59. The number of carbonyl (C=O) groups excluding carboxylic acids is 1. The van der Waals surface area contributed by atoms with Crippen LogP contribution in [0.2, 0.25) is 5.02 Å². The van der Waals surface area contributed by atoms with E-state index >= 15 is 0 Å². The molecule has 0 bridgehead atoms. The molecule has 1 aromatic carbocycles.